The van der Waals surface area contributed by atoms with Crippen molar-refractivity contribution in [2.75, 3.05) is 7.05 Å². The second kappa shape index (κ2) is 11.9. The number of aryl methyl sites for hydroxylation is 1. The van der Waals surface area contributed by atoms with E-state index in [1.807, 2.05) is 0 Å². The maximum Gasteiger partial charge on any atom is 0.437 e. The summed E-state index contributed by atoms with van der Waals surface area (Å²) < 4.78 is 59.2. The standard InChI is InChI=1S/C18H14F4N4O3.C3H4/c1-24-14(27)4-2-3-5-26-10-25-16(18(20,21)22)15(17(26)28)29-13-7-11(9-23)6-12(19)8-13;1-3-2/h2,4,6-8,10H,3,5H2,1H3,(H,24,27);1H,2H3/b4-2-;. The van der Waals surface area contributed by atoms with Crippen LogP contribution in [-0.4, -0.2) is 22.5 Å². The number of nitrogens with zero attached hydrogens (tertiary/aromatic N) is 3. The van der Waals surface area contributed by atoms with Crippen molar-refractivity contribution in [1.82, 2.24) is 14.9 Å². The van der Waals surface area contributed by atoms with E-state index < -0.39 is 34.7 Å². The van der Waals surface area contributed by atoms with Gasteiger partial charge in [-0.3, -0.25) is 14.2 Å². The molecule has 0 aliphatic heterocycles. The van der Waals surface area contributed by atoms with Crippen LogP contribution in [0.15, 0.2) is 41.5 Å². The van der Waals surface area contributed by atoms with E-state index in [-0.39, 0.29) is 24.4 Å². The van der Waals surface area contributed by atoms with Crippen molar-refractivity contribution >= 4 is 5.91 Å². The molecule has 7 nitrogen and oxygen atoms in total. The van der Waals surface area contributed by atoms with Crippen LogP contribution in [0.1, 0.15) is 24.6 Å². The van der Waals surface area contributed by atoms with Gasteiger partial charge in [0.2, 0.25) is 11.7 Å². The van der Waals surface area contributed by atoms with Crippen LogP contribution < -0.4 is 15.6 Å². The highest BCUT2D eigenvalue weighted by Gasteiger charge is 2.38. The number of hydrogen-bond acceptors (Lipinski definition) is 5. The van der Waals surface area contributed by atoms with Crippen molar-refractivity contribution in [3.8, 4) is 29.9 Å². The molecule has 1 amide bonds. The number of nitriles is 1. The van der Waals surface area contributed by atoms with Crippen LogP contribution in [0.4, 0.5) is 17.6 Å². The summed E-state index contributed by atoms with van der Waals surface area (Å²) in [5, 5.41) is 11.2. The molecule has 2 rings (SSSR count). The van der Waals surface area contributed by atoms with Crippen LogP contribution in [0.3, 0.4) is 0 Å². The van der Waals surface area contributed by atoms with Crippen molar-refractivity contribution in [3.05, 3.63) is 64.1 Å². The molecule has 0 atom stereocenters. The third-order valence-electron chi connectivity index (χ3n) is 3.54. The van der Waals surface area contributed by atoms with Crippen LogP contribution in [0, 0.1) is 29.5 Å². The average molecular weight is 450 g/mol. The SMILES string of the molecule is C#CC.CNC(=O)/C=C\CCn1cnc(C(F)(F)F)c(Oc2cc(F)cc(C#N)c2)c1=O. The quantitative estimate of drug-likeness (QED) is 0.413. The number of nitrogens with one attached hydrogen (secondary N) is 1. The van der Waals surface area contributed by atoms with Gasteiger partial charge in [-0.05, 0) is 31.6 Å². The van der Waals surface area contributed by atoms with E-state index in [2.05, 4.69) is 22.6 Å². The number of amides is 1. The van der Waals surface area contributed by atoms with Crippen LogP contribution >= 0.6 is 0 Å². The summed E-state index contributed by atoms with van der Waals surface area (Å²) in [5.74, 6) is -0.657. The summed E-state index contributed by atoms with van der Waals surface area (Å²) in [6.45, 7) is 1.57. The Morgan fingerprint density at radius 2 is 2.03 bits per heavy atom. The lowest BCUT2D eigenvalue weighted by Crippen LogP contribution is -2.26. The van der Waals surface area contributed by atoms with Crippen LogP contribution in [0.5, 0.6) is 11.5 Å². The minimum absolute atomic E-state index is 0.0829. The van der Waals surface area contributed by atoms with E-state index in [9.17, 15) is 27.2 Å². The lowest BCUT2D eigenvalue weighted by molar-refractivity contribution is -0.142. The molecular weight excluding hydrogens is 432 g/mol. The molecule has 0 unspecified atom stereocenters. The molecule has 1 aromatic heterocycles. The summed E-state index contributed by atoms with van der Waals surface area (Å²) in [5.41, 5.74) is -2.93. The molecular formula is C21H18F4N4O3. The number of alkyl halides is 3. The number of aromatic nitrogens is 2. The van der Waals surface area contributed by atoms with Crippen molar-refractivity contribution in [2.45, 2.75) is 26.1 Å². The Morgan fingerprint density at radius 1 is 1.38 bits per heavy atom. The van der Waals surface area contributed by atoms with Crippen molar-refractivity contribution in [2.24, 2.45) is 0 Å². The minimum atomic E-state index is -5.00. The molecule has 0 spiro atoms. The lowest BCUT2D eigenvalue weighted by Gasteiger charge is -2.14. The topological polar surface area (TPSA) is 97.0 Å². The van der Waals surface area contributed by atoms with Gasteiger partial charge in [-0.15, -0.1) is 12.3 Å². The summed E-state index contributed by atoms with van der Waals surface area (Å²) in [6.07, 6.45) is 3.08. The largest absolute Gasteiger partial charge is 0.449 e. The first kappa shape index (κ1) is 25.9. The molecule has 1 heterocycles. The zero-order valence-corrected chi connectivity index (χ0v) is 17.0. The minimum Gasteiger partial charge on any atom is -0.449 e. The van der Waals surface area contributed by atoms with Crippen LogP contribution in [0.2, 0.25) is 0 Å². The Balaban J connectivity index is 0.00000161. The molecule has 2 aromatic rings. The Bertz CT molecular complexity index is 1130. The van der Waals surface area contributed by atoms with E-state index in [0.717, 1.165) is 22.8 Å². The molecule has 11 heteroatoms. The third-order valence-corrected chi connectivity index (χ3v) is 3.54. The number of allylic oxidation sites excluding steroid dienone is 1. The Hall–Kier alpha value is -4.12. The molecule has 0 aliphatic carbocycles. The summed E-state index contributed by atoms with van der Waals surface area (Å²) >= 11 is 0. The molecule has 1 N–H and O–H groups in total. The van der Waals surface area contributed by atoms with Gasteiger partial charge in [0, 0.05) is 19.7 Å². The number of carbonyl (C=O) groups is 1. The number of likely N-dealkylation sites (N-methyl/N-ethyl adjacent to an activating group) is 1. The van der Waals surface area contributed by atoms with E-state index in [0.29, 0.717) is 6.33 Å². The Kier molecular flexibility index (Phi) is 9.65. The highest BCUT2D eigenvalue weighted by Crippen LogP contribution is 2.34. The fourth-order valence-electron chi connectivity index (χ4n) is 2.21. The molecule has 0 fully saturated rings. The lowest BCUT2D eigenvalue weighted by atomic mass is 10.2. The molecule has 168 valence electrons. The van der Waals surface area contributed by atoms with Crippen LogP contribution in [-0.2, 0) is 17.5 Å². The fraction of sp³-hybridized carbons (Fsp3) is 0.238. The second-order valence-corrected chi connectivity index (χ2v) is 5.90. The van der Waals surface area contributed by atoms with Gasteiger partial charge in [-0.25, -0.2) is 9.37 Å². The molecule has 0 saturated carbocycles. The Labute approximate surface area is 181 Å². The van der Waals surface area contributed by atoms with Crippen molar-refractivity contribution < 1.29 is 27.1 Å². The van der Waals surface area contributed by atoms with Crippen molar-refractivity contribution in [1.29, 1.82) is 5.26 Å². The second-order valence-electron chi connectivity index (χ2n) is 5.90. The summed E-state index contributed by atoms with van der Waals surface area (Å²) in [4.78, 5) is 26.9. The van der Waals surface area contributed by atoms with Gasteiger partial charge in [0.25, 0.3) is 5.56 Å². The third kappa shape index (κ3) is 7.61. The normalized spacial score (nSPS) is 10.5. The van der Waals surface area contributed by atoms with E-state index >= 15 is 0 Å². The highest BCUT2D eigenvalue weighted by atomic mass is 19.4. The van der Waals surface area contributed by atoms with Gasteiger partial charge < -0.3 is 10.1 Å². The first-order valence-corrected chi connectivity index (χ1v) is 8.88. The number of benzene rings is 1. The van der Waals surface area contributed by atoms with Gasteiger partial charge in [-0.1, -0.05) is 6.08 Å². The number of carbonyl (C=O) groups excluding carboxylic acids is 1. The number of hydrogen-bond donors (Lipinski definition) is 1. The van der Waals surface area contributed by atoms with E-state index in [4.69, 9.17) is 10.00 Å². The van der Waals surface area contributed by atoms with Gasteiger partial charge in [0.05, 0.1) is 18.0 Å². The van der Waals surface area contributed by atoms with Crippen molar-refractivity contribution in [3.63, 3.8) is 0 Å². The number of ether oxygens (including phenoxy) is 1. The molecule has 0 aliphatic rings. The maximum absolute atomic E-state index is 13.5. The Morgan fingerprint density at radius 3 is 2.59 bits per heavy atom. The van der Waals surface area contributed by atoms with E-state index in [1.54, 1.807) is 13.0 Å². The molecule has 0 saturated heterocycles. The summed E-state index contributed by atoms with van der Waals surface area (Å²) in [6, 6.07) is 4.22. The van der Waals surface area contributed by atoms with Gasteiger partial charge in [0.15, 0.2) is 5.69 Å². The molecule has 1 aromatic carbocycles. The van der Waals surface area contributed by atoms with Crippen LogP contribution in [0.25, 0.3) is 0 Å². The predicted molar refractivity (Wildman–Crippen MR) is 107 cm³/mol. The number of terminal acetylenes is 1. The smallest absolute Gasteiger partial charge is 0.437 e. The average Bonchev–Trinajstić information content (AvgIpc) is 2.72. The number of halogens is 4. The van der Waals surface area contributed by atoms with Gasteiger partial charge in [-0.2, -0.15) is 18.4 Å². The fourth-order valence-corrected chi connectivity index (χ4v) is 2.21. The molecule has 0 radical (unpaired) electrons. The molecule has 32 heavy (non-hydrogen) atoms. The number of rotatable bonds is 6. The van der Waals surface area contributed by atoms with E-state index in [1.165, 1.54) is 19.2 Å². The zero-order valence-electron chi connectivity index (χ0n) is 17.0. The summed E-state index contributed by atoms with van der Waals surface area (Å²) in [7, 11) is 1.42. The maximum atomic E-state index is 13.5. The zero-order chi connectivity index (χ0) is 24.3. The van der Waals surface area contributed by atoms with Gasteiger partial charge >= 0.3 is 6.18 Å². The van der Waals surface area contributed by atoms with Gasteiger partial charge in [0.1, 0.15) is 11.6 Å². The monoisotopic (exact) mass is 450 g/mol. The highest BCUT2D eigenvalue weighted by molar-refractivity contribution is 5.87. The predicted octanol–water partition coefficient (Wildman–Crippen LogP) is 3.40. The first-order chi connectivity index (χ1) is 15.1. The first-order valence-electron chi connectivity index (χ1n) is 8.88. The molecule has 0 bridgehead atoms.